The molecule has 6 nitrogen and oxygen atoms in total. The third kappa shape index (κ3) is 4.39. The molecule has 0 spiro atoms. The number of likely N-dealkylation sites (tertiary alicyclic amines) is 1. The summed E-state index contributed by atoms with van der Waals surface area (Å²) in [5, 5.41) is 0. The predicted molar refractivity (Wildman–Crippen MR) is 128 cm³/mol. The molecule has 0 N–H and O–H groups in total. The van der Waals surface area contributed by atoms with Crippen molar-refractivity contribution in [3.63, 3.8) is 0 Å². The maximum absolute atomic E-state index is 14.0. The van der Waals surface area contributed by atoms with Crippen LogP contribution in [0.15, 0.2) is 54.6 Å². The van der Waals surface area contributed by atoms with E-state index >= 15 is 0 Å². The number of hydrogen-bond donors (Lipinski definition) is 0. The first-order valence-electron chi connectivity index (χ1n) is 11.8. The lowest BCUT2D eigenvalue weighted by Crippen LogP contribution is -2.78. The number of ether oxygens (including phenoxy) is 1. The first kappa shape index (κ1) is 24.5. The third-order valence-corrected chi connectivity index (χ3v) is 6.72. The quantitative estimate of drug-likeness (QED) is 0.464. The SMILES string of the molecule is CCCN(C(=O)N1C(Oc2ccccc2C(C)=O)C(=O)C1(CC)CC)[C@H](C)c1ccccc1. The normalized spacial score (nSPS) is 17.8. The molecule has 0 aliphatic carbocycles. The molecule has 1 unspecified atom stereocenters. The molecule has 0 aromatic heterocycles. The Morgan fingerprint density at radius 2 is 1.64 bits per heavy atom. The van der Waals surface area contributed by atoms with E-state index in [-0.39, 0.29) is 23.6 Å². The van der Waals surface area contributed by atoms with Crippen LogP contribution in [-0.4, -0.2) is 45.7 Å². The summed E-state index contributed by atoms with van der Waals surface area (Å²) in [5.41, 5.74) is 0.519. The van der Waals surface area contributed by atoms with Gasteiger partial charge in [0, 0.05) is 6.54 Å². The van der Waals surface area contributed by atoms with Crippen LogP contribution in [0.25, 0.3) is 0 Å². The lowest BCUT2D eigenvalue weighted by Gasteiger charge is -2.56. The number of benzene rings is 2. The van der Waals surface area contributed by atoms with Crippen molar-refractivity contribution < 1.29 is 19.1 Å². The standard InChI is InChI=1S/C27H34N2O4/c1-6-18-28(19(4)21-14-10-9-11-15-21)26(32)29-25(24(31)27(29,7-2)8-3)33-23-17-13-12-16-22(23)20(5)30/h9-17,19,25H,6-8,18H2,1-5H3/t19-,25?/m1/s1. The zero-order valence-corrected chi connectivity index (χ0v) is 20.2. The van der Waals surface area contributed by atoms with Crippen molar-refractivity contribution in [3.05, 3.63) is 65.7 Å². The van der Waals surface area contributed by atoms with Crippen molar-refractivity contribution in [2.24, 2.45) is 0 Å². The average Bonchev–Trinajstić information content (AvgIpc) is 2.84. The van der Waals surface area contributed by atoms with Crippen LogP contribution in [0.5, 0.6) is 5.75 Å². The smallest absolute Gasteiger partial charge is 0.324 e. The van der Waals surface area contributed by atoms with E-state index in [1.54, 1.807) is 29.2 Å². The van der Waals surface area contributed by atoms with Crippen molar-refractivity contribution >= 4 is 17.6 Å². The molecule has 1 aliphatic rings. The fourth-order valence-corrected chi connectivity index (χ4v) is 4.68. The van der Waals surface area contributed by atoms with Gasteiger partial charge in [-0.2, -0.15) is 0 Å². The van der Waals surface area contributed by atoms with Gasteiger partial charge in [0.1, 0.15) is 11.3 Å². The molecule has 2 amide bonds. The Kier molecular flexibility index (Phi) is 7.57. The van der Waals surface area contributed by atoms with Crippen molar-refractivity contribution in [2.75, 3.05) is 6.54 Å². The third-order valence-electron chi connectivity index (χ3n) is 6.72. The molecule has 176 valence electrons. The number of nitrogens with zero attached hydrogens (tertiary/aromatic N) is 2. The predicted octanol–water partition coefficient (Wildman–Crippen LogP) is 5.63. The van der Waals surface area contributed by atoms with Crippen molar-refractivity contribution in [2.45, 2.75) is 71.7 Å². The molecule has 0 bridgehead atoms. The lowest BCUT2D eigenvalue weighted by molar-refractivity contribution is -0.176. The van der Waals surface area contributed by atoms with Gasteiger partial charge in [0.05, 0.1) is 11.6 Å². The lowest BCUT2D eigenvalue weighted by atomic mass is 9.77. The van der Waals surface area contributed by atoms with Crippen LogP contribution in [0, 0.1) is 0 Å². The molecule has 1 saturated heterocycles. The molecule has 1 fully saturated rings. The summed E-state index contributed by atoms with van der Waals surface area (Å²) in [6, 6.07) is 16.3. The zero-order chi connectivity index (χ0) is 24.2. The van der Waals surface area contributed by atoms with E-state index in [0.29, 0.717) is 30.7 Å². The van der Waals surface area contributed by atoms with Crippen LogP contribution in [0.1, 0.15) is 75.8 Å². The number of para-hydroxylation sites is 1. The zero-order valence-electron chi connectivity index (χ0n) is 20.2. The molecular formula is C27H34N2O4. The summed E-state index contributed by atoms with van der Waals surface area (Å²) in [6.07, 6.45) is 0.735. The van der Waals surface area contributed by atoms with Gasteiger partial charge in [-0.1, -0.05) is 63.2 Å². The van der Waals surface area contributed by atoms with Gasteiger partial charge >= 0.3 is 6.03 Å². The van der Waals surface area contributed by atoms with Crippen LogP contribution in [0.2, 0.25) is 0 Å². The van der Waals surface area contributed by atoms with Crippen molar-refractivity contribution in [3.8, 4) is 5.75 Å². The topological polar surface area (TPSA) is 66.9 Å². The summed E-state index contributed by atoms with van der Waals surface area (Å²) in [7, 11) is 0. The summed E-state index contributed by atoms with van der Waals surface area (Å²) in [5.74, 6) is 0.0425. The van der Waals surface area contributed by atoms with Gasteiger partial charge in [0.2, 0.25) is 12.0 Å². The van der Waals surface area contributed by atoms with Gasteiger partial charge in [-0.25, -0.2) is 4.79 Å². The molecule has 33 heavy (non-hydrogen) atoms. The molecule has 2 atom stereocenters. The highest BCUT2D eigenvalue weighted by molar-refractivity contribution is 6.05. The van der Waals surface area contributed by atoms with Gasteiger partial charge < -0.3 is 9.64 Å². The molecule has 1 heterocycles. The Hall–Kier alpha value is -3.15. The number of ketones is 2. The largest absolute Gasteiger partial charge is 0.462 e. The number of hydrogen-bond acceptors (Lipinski definition) is 4. The van der Waals surface area contributed by atoms with Gasteiger partial charge in [0.15, 0.2) is 5.78 Å². The molecule has 1 aliphatic heterocycles. The van der Waals surface area contributed by atoms with Gasteiger partial charge in [0.25, 0.3) is 0 Å². The number of rotatable bonds is 9. The second kappa shape index (κ2) is 10.2. The second-order valence-electron chi connectivity index (χ2n) is 8.56. The summed E-state index contributed by atoms with van der Waals surface area (Å²) >= 11 is 0. The Morgan fingerprint density at radius 3 is 2.21 bits per heavy atom. The second-order valence-corrected chi connectivity index (χ2v) is 8.56. The van der Waals surface area contributed by atoms with Crippen LogP contribution in [0.4, 0.5) is 4.79 Å². The first-order chi connectivity index (χ1) is 15.8. The van der Waals surface area contributed by atoms with E-state index in [9.17, 15) is 14.4 Å². The maximum Gasteiger partial charge on any atom is 0.324 e. The van der Waals surface area contributed by atoms with Gasteiger partial charge in [-0.3, -0.25) is 14.5 Å². The monoisotopic (exact) mass is 450 g/mol. The van der Waals surface area contributed by atoms with Crippen LogP contribution in [0.3, 0.4) is 0 Å². The molecule has 3 rings (SSSR count). The summed E-state index contributed by atoms with van der Waals surface area (Å²) < 4.78 is 6.07. The van der Waals surface area contributed by atoms with Crippen LogP contribution < -0.4 is 4.74 Å². The number of urea groups is 1. The van der Waals surface area contributed by atoms with E-state index in [1.165, 1.54) is 6.92 Å². The van der Waals surface area contributed by atoms with E-state index in [0.717, 1.165) is 12.0 Å². The highest BCUT2D eigenvalue weighted by Crippen LogP contribution is 2.42. The van der Waals surface area contributed by atoms with Gasteiger partial charge in [-0.15, -0.1) is 0 Å². The number of amides is 2. The molecule has 0 radical (unpaired) electrons. The van der Waals surface area contributed by atoms with E-state index < -0.39 is 11.8 Å². The maximum atomic E-state index is 14.0. The molecule has 2 aromatic rings. The van der Waals surface area contributed by atoms with Gasteiger partial charge in [-0.05, 0) is 50.8 Å². The highest BCUT2D eigenvalue weighted by Gasteiger charge is 2.63. The highest BCUT2D eigenvalue weighted by atomic mass is 16.5. The van der Waals surface area contributed by atoms with E-state index in [2.05, 4.69) is 0 Å². The number of carbonyl (C=O) groups excluding carboxylic acids is 3. The summed E-state index contributed by atoms with van der Waals surface area (Å²) in [6.45, 7) is 9.90. The minimum atomic E-state index is -1.06. The Bertz CT molecular complexity index is 1000. The van der Waals surface area contributed by atoms with E-state index in [4.69, 9.17) is 4.74 Å². The first-order valence-corrected chi connectivity index (χ1v) is 11.8. The minimum absolute atomic E-state index is 0.122. The fourth-order valence-electron chi connectivity index (χ4n) is 4.68. The van der Waals surface area contributed by atoms with Crippen LogP contribution >= 0.6 is 0 Å². The molecular weight excluding hydrogens is 416 g/mol. The van der Waals surface area contributed by atoms with E-state index in [1.807, 2.05) is 62.9 Å². The molecule has 6 heteroatoms. The minimum Gasteiger partial charge on any atom is -0.462 e. The van der Waals surface area contributed by atoms with Crippen molar-refractivity contribution in [1.29, 1.82) is 0 Å². The Balaban J connectivity index is 1.98. The molecule has 0 saturated carbocycles. The molecule has 2 aromatic carbocycles. The Labute approximate surface area is 196 Å². The average molecular weight is 451 g/mol. The Morgan fingerprint density at radius 1 is 1.03 bits per heavy atom. The number of carbonyl (C=O) groups is 3. The number of Topliss-reactive ketones (excluding diaryl/α,β-unsaturated/α-hetero) is 2. The summed E-state index contributed by atoms with van der Waals surface area (Å²) in [4.78, 5) is 42.8. The van der Waals surface area contributed by atoms with Crippen LogP contribution in [-0.2, 0) is 4.79 Å². The van der Waals surface area contributed by atoms with Crippen molar-refractivity contribution in [1.82, 2.24) is 9.80 Å². The fraction of sp³-hybridized carbons (Fsp3) is 0.444.